The minimum absolute atomic E-state index is 0.0761. The summed E-state index contributed by atoms with van der Waals surface area (Å²) in [6, 6.07) is 0. The van der Waals surface area contributed by atoms with E-state index in [0.717, 1.165) is 5.69 Å². The molecule has 12 heavy (non-hydrogen) atoms. The SMILES string of the molecule is Cn1cc(C2CCC2)c(CO)n1. The van der Waals surface area contributed by atoms with Gasteiger partial charge in [0.2, 0.25) is 0 Å². The Balaban J connectivity index is 2.27. The molecule has 0 aliphatic heterocycles. The zero-order chi connectivity index (χ0) is 8.55. The molecule has 1 aromatic rings. The van der Waals surface area contributed by atoms with Crippen molar-refractivity contribution in [1.82, 2.24) is 9.78 Å². The largest absolute Gasteiger partial charge is 0.390 e. The molecule has 0 amide bonds. The Morgan fingerprint density at radius 2 is 2.42 bits per heavy atom. The van der Waals surface area contributed by atoms with Gasteiger partial charge in [0.15, 0.2) is 0 Å². The molecule has 0 saturated heterocycles. The van der Waals surface area contributed by atoms with Crippen LogP contribution >= 0.6 is 0 Å². The predicted molar refractivity (Wildman–Crippen MR) is 45.7 cm³/mol. The summed E-state index contributed by atoms with van der Waals surface area (Å²) in [5, 5.41) is 13.2. The molecule has 0 atom stereocenters. The molecule has 1 aliphatic carbocycles. The lowest BCUT2D eigenvalue weighted by Crippen LogP contribution is -2.09. The molecule has 1 aliphatic rings. The quantitative estimate of drug-likeness (QED) is 0.716. The minimum atomic E-state index is 0.0761. The number of aliphatic hydroxyl groups excluding tert-OH is 1. The molecular formula is C9H14N2O. The minimum Gasteiger partial charge on any atom is -0.390 e. The molecule has 0 unspecified atom stereocenters. The molecule has 0 spiro atoms. The van der Waals surface area contributed by atoms with Crippen molar-refractivity contribution < 1.29 is 5.11 Å². The summed E-state index contributed by atoms with van der Waals surface area (Å²) in [5.41, 5.74) is 2.12. The van der Waals surface area contributed by atoms with Crippen LogP contribution in [0.5, 0.6) is 0 Å². The second-order valence-electron chi connectivity index (χ2n) is 3.49. The molecule has 3 nitrogen and oxygen atoms in total. The van der Waals surface area contributed by atoms with E-state index < -0.39 is 0 Å². The van der Waals surface area contributed by atoms with E-state index in [-0.39, 0.29) is 6.61 Å². The number of hydrogen-bond donors (Lipinski definition) is 1. The maximum absolute atomic E-state index is 9.02. The van der Waals surface area contributed by atoms with Gasteiger partial charge in [-0.1, -0.05) is 6.42 Å². The number of aromatic nitrogens is 2. The fraction of sp³-hybridized carbons (Fsp3) is 0.667. The number of hydrogen-bond acceptors (Lipinski definition) is 2. The van der Waals surface area contributed by atoms with Crippen LogP contribution in [0.15, 0.2) is 6.20 Å². The number of aryl methyl sites for hydroxylation is 1. The summed E-state index contributed by atoms with van der Waals surface area (Å²) < 4.78 is 1.79. The van der Waals surface area contributed by atoms with E-state index in [0.29, 0.717) is 5.92 Å². The Morgan fingerprint density at radius 3 is 2.92 bits per heavy atom. The number of nitrogens with zero attached hydrogens (tertiary/aromatic N) is 2. The van der Waals surface area contributed by atoms with Crippen LogP contribution in [0.25, 0.3) is 0 Å². The molecule has 1 aromatic heterocycles. The zero-order valence-electron chi connectivity index (χ0n) is 7.32. The fourth-order valence-electron chi connectivity index (χ4n) is 1.74. The summed E-state index contributed by atoms with van der Waals surface area (Å²) in [6.07, 6.45) is 5.89. The van der Waals surface area contributed by atoms with Gasteiger partial charge in [-0.15, -0.1) is 0 Å². The van der Waals surface area contributed by atoms with Gasteiger partial charge in [-0.05, 0) is 24.3 Å². The van der Waals surface area contributed by atoms with Crippen molar-refractivity contribution in [3.8, 4) is 0 Å². The van der Waals surface area contributed by atoms with Gasteiger partial charge in [0.25, 0.3) is 0 Å². The first kappa shape index (κ1) is 7.80. The van der Waals surface area contributed by atoms with Gasteiger partial charge < -0.3 is 5.11 Å². The van der Waals surface area contributed by atoms with Crippen molar-refractivity contribution >= 4 is 0 Å². The summed E-state index contributed by atoms with van der Waals surface area (Å²) >= 11 is 0. The normalized spacial score (nSPS) is 17.8. The average Bonchev–Trinajstić information content (AvgIpc) is 2.27. The third-order valence-corrected chi connectivity index (χ3v) is 2.63. The van der Waals surface area contributed by atoms with E-state index in [4.69, 9.17) is 5.11 Å². The molecule has 66 valence electrons. The highest BCUT2D eigenvalue weighted by Gasteiger charge is 2.23. The first-order valence-electron chi connectivity index (χ1n) is 4.44. The molecule has 3 heteroatoms. The van der Waals surface area contributed by atoms with E-state index in [1.807, 2.05) is 13.2 Å². The lowest BCUT2D eigenvalue weighted by molar-refractivity contribution is 0.271. The highest BCUT2D eigenvalue weighted by atomic mass is 16.3. The molecular weight excluding hydrogens is 152 g/mol. The molecule has 1 N–H and O–H groups in total. The summed E-state index contributed by atoms with van der Waals surface area (Å²) in [7, 11) is 1.90. The Kier molecular flexibility index (Phi) is 1.89. The standard InChI is InChI=1S/C9H14N2O/c1-11-5-8(7-3-2-4-7)9(6-12)10-11/h5,7,12H,2-4,6H2,1H3. The van der Waals surface area contributed by atoms with Gasteiger partial charge in [-0.25, -0.2) is 0 Å². The Bertz CT molecular complexity index is 276. The second kappa shape index (κ2) is 2.90. The Labute approximate surface area is 72.0 Å². The van der Waals surface area contributed by atoms with Gasteiger partial charge >= 0.3 is 0 Å². The van der Waals surface area contributed by atoms with Gasteiger partial charge in [0, 0.05) is 13.2 Å². The topological polar surface area (TPSA) is 38.0 Å². The molecule has 1 saturated carbocycles. The van der Waals surface area contributed by atoms with Crippen LogP contribution < -0.4 is 0 Å². The van der Waals surface area contributed by atoms with Crippen LogP contribution in [-0.4, -0.2) is 14.9 Å². The van der Waals surface area contributed by atoms with Crippen LogP contribution in [0.3, 0.4) is 0 Å². The van der Waals surface area contributed by atoms with Crippen molar-refractivity contribution in [3.05, 3.63) is 17.5 Å². The van der Waals surface area contributed by atoms with E-state index in [2.05, 4.69) is 5.10 Å². The Hall–Kier alpha value is -0.830. The highest BCUT2D eigenvalue weighted by Crippen LogP contribution is 2.37. The zero-order valence-corrected chi connectivity index (χ0v) is 7.32. The van der Waals surface area contributed by atoms with Crippen LogP contribution in [0.2, 0.25) is 0 Å². The predicted octanol–water partition coefficient (Wildman–Crippen LogP) is 1.18. The second-order valence-corrected chi connectivity index (χ2v) is 3.49. The third-order valence-electron chi connectivity index (χ3n) is 2.63. The smallest absolute Gasteiger partial charge is 0.0913 e. The lowest BCUT2D eigenvalue weighted by Gasteiger charge is -2.24. The molecule has 1 fully saturated rings. The van der Waals surface area contributed by atoms with Gasteiger partial charge in [-0.3, -0.25) is 4.68 Å². The van der Waals surface area contributed by atoms with Gasteiger partial charge in [0.1, 0.15) is 0 Å². The van der Waals surface area contributed by atoms with E-state index in [1.165, 1.54) is 24.8 Å². The fourth-order valence-corrected chi connectivity index (χ4v) is 1.74. The summed E-state index contributed by atoms with van der Waals surface area (Å²) in [5.74, 6) is 0.667. The average molecular weight is 166 g/mol. The first-order chi connectivity index (χ1) is 5.81. The summed E-state index contributed by atoms with van der Waals surface area (Å²) in [4.78, 5) is 0. The van der Waals surface area contributed by atoms with Crippen molar-refractivity contribution in [3.63, 3.8) is 0 Å². The molecule has 0 bridgehead atoms. The van der Waals surface area contributed by atoms with Crippen molar-refractivity contribution in [1.29, 1.82) is 0 Å². The monoisotopic (exact) mass is 166 g/mol. The lowest BCUT2D eigenvalue weighted by atomic mass is 9.80. The number of rotatable bonds is 2. The maximum atomic E-state index is 9.02. The van der Waals surface area contributed by atoms with Gasteiger partial charge in [0.05, 0.1) is 12.3 Å². The molecule has 0 radical (unpaired) electrons. The van der Waals surface area contributed by atoms with Crippen LogP contribution in [-0.2, 0) is 13.7 Å². The number of aliphatic hydroxyl groups is 1. The molecule has 2 rings (SSSR count). The Morgan fingerprint density at radius 1 is 1.67 bits per heavy atom. The first-order valence-corrected chi connectivity index (χ1v) is 4.44. The van der Waals surface area contributed by atoms with E-state index in [9.17, 15) is 0 Å². The van der Waals surface area contributed by atoms with Crippen molar-refractivity contribution in [2.45, 2.75) is 31.8 Å². The molecule has 1 heterocycles. The van der Waals surface area contributed by atoms with E-state index in [1.54, 1.807) is 4.68 Å². The van der Waals surface area contributed by atoms with Crippen LogP contribution in [0, 0.1) is 0 Å². The third kappa shape index (κ3) is 1.14. The van der Waals surface area contributed by atoms with Crippen molar-refractivity contribution in [2.24, 2.45) is 7.05 Å². The summed E-state index contributed by atoms with van der Waals surface area (Å²) in [6.45, 7) is 0.0761. The van der Waals surface area contributed by atoms with E-state index >= 15 is 0 Å². The highest BCUT2D eigenvalue weighted by molar-refractivity contribution is 5.23. The molecule has 0 aromatic carbocycles. The van der Waals surface area contributed by atoms with Crippen LogP contribution in [0.1, 0.15) is 36.4 Å². The maximum Gasteiger partial charge on any atom is 0.0913 e. The van der Waals surface area contributed by atoms with Gasteiger partial charge in [-0.2, -0.15) is 5.10 Å². The van der Waals surface area contributed by atoms with Crippen LogP contribution in [0.4, 0.5) is 0 Å². The van der Waals surface area contributed by atoms with Crippen molar-refractivity contribution in [2.75, 3.05) is 0 Å².